The number of rotatable bonds is 2. The van der Waals surface area contributed by atoms with Crippen LogP contribution in [0, 0.1) is 19.7 Å². The molecule has 0 aliphatic heterocycles. The van der Waals surface area contributed by atoms with Gasteiger partial charge in [0.05, 0.1) is 5.69 Å². The van der Waals surface area contributed by atoms with Gasteiger partial charge in [-0.25, -0.2) is 4.39 Å². The van der Waals surface area contributed by atoms with Crippen LogP contribution in [0.5, 0.6) is 11.5 Å². The summed E-state index contributed by atoms with van der Waals surface area (Å²) >= 11 is 0. The Morgan fingerprint density at radius 2 is 1.59 bits per heavy atom. The number of aryl methyl sites for hydroxylation is 2. The van der Waals surface area contributed by atoms with Crippen LogP contribution in [-0.2, 0) is 0 Å². The van der Waals surface area contributed by atoms with E-state index < -0.39 is 5.82 Å². The minimum atomic E-state index is -0.393. The van der Waals surface area contributed by atoms with Crippen LogP contribution in [0.15, 0.2) is 36.4 Å². The van der Waals surface area contributed by atoms with Crippen molar-refractivity contribution in [3.8, 4) is 11.5 Å². The second kappa shape index (κ2) is 4.45. The molecule has 0 atom stereocenters. The first-order valence-corrected chi connectivity index (χ1v) is 5.36. The van der Waals surface area contributed by atoms with Crippen LogP contribution >= 0.6 is 0 Å². The summed E-state index contributed by atoms with van der Waals surface area (Å²) in [6, 6.07) is 10.1. The number of ether oxygens (including phenoxy) is 1. The van der Waals surface area contributed by atoms with Gasteiger partial charge >= 0.3 is 0 Å². The van der Waals surface area contributed by atoms with Crippen molar-refractivity contribution in [1.82, 2.24) is 0 Å². The third kappa shape index (κ3) is 2.56. The fraction of sp³-hybridized carbons (Fsp3) is 0.143. The van der Waals surface area contributed by atoms with E-state index in [9.17, 15) is 4.39 Å². The van der Waals surface area contributed by atoms with Crippen molar-refractivity contribution in [3.05, 3.63) is 53.3 Å². The number of halogens is 1. The average molecular weight is 231 g/mol. The number of hydrogen-bond donors (Lipinski definition) is 1. The molecular weight excluding hydrogens is 217 g/mol. The lowest BCUT2D eigenvalue weighted by Crippen LogP contribution is -1.94. The van der Waals surface area contributed by atoms with Crippen molar-refractivity contribution in [3.63, 3.8) is 0 Å². The second-order valence-corrected chi connectivity index (χ2v) is 4.08. The summed E-state index contributed by atoms with van der Waals surface area (Å²) in [7, 11) is 0. The molecule has 0 spiro atoms. The van der Waals surface area contributed by atoms with Gasteiger partial charge in [-0.1, -0.05) is 12.1 Å². The fourth-order valence-corrected chi connectivity index (χ4v) is 1.57. The minimum Gasteiger partial charge on any atom is -0.452 e. The molecule has 0 radical (unpaired) electrons. The van der Waals surface area contributed by atoms with E-state index in [4.69, 9.17) is 10.5 Å². The lowest BCUT2D eigenvalue weighted by Gasteiger charge is -2.10. The Hall–Kier alpha value is -2.03. The van der Waals surface area contributed by atoms with E-state index in [1.54, 1.807) is 24.3 Å². The first-order valence-electron chi connectivity index (χ1n) is 5.36. The van der Waals surface area contributed by atoms with Crippen LogP contribution < -0.4 is 10.5 Å². The summed E-state index contributed by atoms with van der Waals surface area (Å²) in [4.78, 5) is 0. The Morgan fingerprint density at radius 3 is 2.29 bits per heavy atom. The van der Waals surface area contributed by atoms with E-state index in [-0.39, 0.29) is 5.75 Å². The fourth-order valence-electron chi connectivity index (χ4n) is 1.57. The topological polar surface area (TPSA) is 35.2 Å². The molecule has 0 bridgehead atoms. The van der Waals surface area contributed by atoms with Crippen molar-refractivity contribution in [2.24, 2.45) is 0 Å². The highest BCUT2D eigenvalue weighted by molar-refractivity contribution is 5.55. The van der Waals surface area contributed by atoms with Crippen molar-refractivity contribution >= 4 is 5.69 Å². The molecular formula is C14H14FNO. The monoisotopic (exact) mass is 231 g/mol. The zero-order chi connectivity index (χ0) is 12.4. The summed E-state index contributed by atoms with van der Waals surface area (Å²) in [5.74, 6) is 0.274. The van der Waals surface area contributed by atoms with Crippen LogP contribution in [0.2, 0.25) is 0 Å². The van der Waals surface area contributed by atoms with Crippen LogP contribution in [0.25, 0.3) is 0 Å². The number of hydrogen-bond acceptors (Lipinski definition) is 2. The third-order valence-corrected chi connectivity index (χ3v) is 2.47. The molecule has 0 aromatic heterocycles. The van der Waals surface area contributed by atoms with E-state index in [2.05, 4.69) is 0 Å². The Bertz CT molecular complexity index is 552. The van der Waals surface area contributed by atoms with Gasteiger partial charge in [0.25, 0.3) is 0 Å². The average Bonchev–Trinajstić information content (AvgIpc) is 2.27. The van der Waals surface area contributed by atoms with Gasteiger partial charge in [0, 0.05) is 0 Å². The normalized spacial score (nSPS) is 10.3. The van der Waals surface area contributed by atoms with Crippen molar-refractivity contribution in [2.75, 3.05) is 5.73 Å². The van der Waals surface area contributed by atoms with E-state index in [0.717, 1.165) is 11.1 Å². The maximum Gasteiger partial charge on any atom is 0.165 e. The quantitative estimate of drug-likeness (QED) is 0.797. The van der Waals surface area contributed by atoms with Gasteiger partial charge in [0.15, 0.2) is 11.6 Å². The summed E-state index contributed by atoms with van der Waals surface area (Å²) in [6.45, 7) is 3.82. The Kier molecular flexibility index (Phi) is 3.00. The van der Waals surface area contributed by atoms with Gasteiger partial charge in [0.2, 0.25) is 0 Å². The molecule has 0 saturated carbocycles. The minimum absolute atomic E-state index is 0.195. The van der Waals surface area contributed by atoms with Crippen LogP contribution in [0.1, 0.15) is 11.1 Å². The summed E-state index contributed by atoms with van der Waals surface area (Å²) in [6.07, 6.45) is 0. The predicted molar refractivity (Wildman–Crippen MR) is 66.8 cm³/mol. The second-order valence-electron chi connectivity index (χ2n) is 4.08. The zero-order valence-electron chi connectivity index (χ0n) is 9.83. The number of anilines is 1. The number of nitrogen functional groups attached to an aromatic ring is 1. The summed E-state index contributed by atoms with van der Waals surface area (Å²) in [5.41, 5.74) is 8.29. The molecule has 0 aliphatic carbocycles. The van der Waals surface area contributed by atoms with Crippen LogP contribution in [-0.4, -0.2) is 0 Å². The smallest absolute Gasteiger partial charge is 0.165 e. The molecule has 3 heteroatoms. The van der Waals surface area contributed by atoms with Gasteiger partial charge in [-0.2, -0.15) is 0 Å². The van der Waals surface area contributed by atoms with Gasteiger partial charge < -0.3 is 10.5 Å². The molecule has 0 unspecified atom stereocenters. The molecule has 0 amide bonds. The van der Waals surface area contributed by atoms with E-state index in [1.165, 1.54) is 6.07 Å². The van der Waals surface area contributed by atoms with Crippen LogP contribution in [0.4, 0.5) is 10.1 Å². The molecule has 88 valence electrons. The first kappa shape index (κ1) is 11.5. The highest BCUT2D eigenvalue weighted by Gasteiger charge is 2.07. The molecule has 0 aliphatic rings. The third-order valence-electron chi connectivity index (χ3n) is 2.47. The molecule has 2 aromatic rings. The van der Waals surface area contributed by atoms with E-state index in [0.29, 0.717) is 11.4 Å². The maximum atomic E-state index is 13.5. The highest BCUT2D eigenvalue weighted by atomic mass is 19.1. The number of benzene rings is 2. The van der Waals surface area contributed by atoms with Crippen LogP contribution in [0.3, 0.4) is 0 Å². The van der Waals surface area contributed by atoms with Gasteiger partial charge in [-0.15, -0.1) is 0 Å². The van der Waals surface area contributed by atoms with Gasteiger partial charge in [-0.05, 0) is 49.2 Å². The molecule has 2 nitrogen and oxygen atoms in total. The lowest BCUT2D eigenvalue weighted by molar-refractivity contribution is 0.443. The largest absolute Gasteiger partial charge is 0.452 e. The van der Waals surface area contributed by atoms with Crippen molar-refractivity contribution < 1.29 is 9.13 Å². The standard InChI is InChI=1S/C14H14FNO/c1-9-4-6-13(12(16)7-9)17-14-8-10(2)3-5-11(14)15/h3-8H,16H2,1-2H3. The number of nitrogens with two attached hydrogens (primary N) is 1. The molecule has 0 heterocycles. The van der Waals surface area contributed by atoms with E-state index >= 15 is 0 Å². The first-order chi connectivity index (χ1) is 8.06. The molecule has 2 rings (SSSR count). The van der Waals surface area contributed by atoms with Gasteiger partial charge in [-0.3, -0.25) is 0 Å². The van der Waals surface area contributed by atoms with E-state index in [1.807, 2.05) is 19.9 Å². The molecule has 17 heavy (non-hydrogen) atoms. The lowest BCUT2D eigenvalue weighted by atomic mass is 10.2. The Labute approximate surface area is 99.8 Å². The maximum absolute atomic E-state index is 13.5. The molecule has 2 aromatic carbocycles. The van der Waals surface area contributed by atoms with Crippen molar-refractivity contribution in [1.29, 1.82) is 0 Å². The molecule has 2 N–H and O–H groups in total. The van der Waals surface area contributed by atoms with Crippen molar-refractivity contribution in [2.45, 2.75) is 13.8 Å². The zero-order valence-corrected chi connectivity index (χ0v) is 9.83. The predicted octanol–water partition coefficient (Wildman–Crippen LogP) is 3.82. The molecule has 0 saturated heterocycles. The van der Waals surface area contributed by atoms with Gasteiger partial charge in [0.1, 0.15) is 5.75 Å². The summed E-state index contributed by atoms with van der Waals surface area (Å²) < 4.78 is 19.0. The summed E-state index contributed by atoms with van der Waals surface area (Å²) in [5, 5.41) is 0. The molecule has 0 fully saturated rings. The Balaban J connectivity index is 2.34. The SMILES string of the molecule is Cc1ccc(Oc2cc(C)ccc2F)c(N)c1. The Morgan fingerprint density at radius 1 is 0.941 bits per heavy atom. The highest BCUT2D eigenvalue weighted by Crippen LogP contribution is 2.30.